The van der Waals surface area contributed by atoms with Gasteiger partial charge < -0.3 is 14.3 Å². The van der Waals surface area contributed by atoms with E-state index in [2.05, 4.69) is 15.4 Å². The number of benzene rings is 1. The number of hydrogen-bond donors (Lipinski definition) is 1. The molecule has 3 aromatic heterocycles. The van der Waals surface area contributed by atoms with E-state index in [-0.39, 0.29) is 24.8 Å². The van der Waals surface area contributed by atoms with Crippen LogP contribution >= 0.6 is 11.3 Å². The van der Waals surface area contributed by atoms with Crippen molar-refractivity contribution in [3.63, 3.8) is 0 Å². The van der Waals surface area contributed by atoms with Crippen molar-refractivity contribution in [1.82, 2.24) is 24.6 Å². The maximum absolute atomic E-state index is 12.1. The topological polar surface area (TPSA) is 95.0 Å². The van der Waals surface area contributed by atoms with Crippen molar-refractivity contribution in [2.45, 2.75) is 19.5 Å². The predicted molar refractivity (Wildman–Crippen MR) is 101 cm³/mol. The molecule has 3 heterocycles. The summed E-state index contributed by atoms with van der Waals surface area (Å²) in [6, 6.07) is 11.5. The van der Waals surface area contributed by atoms with Crippen LogP contribution in [0.2, 0.25) is 0 Å². The van der Waals surface area contributed by atoms with E-state index in [1.165, 1.54) is 16.0 Å². The zero-order valence-electron chi connectivity index (χ0n) is 14.6. The first-order chi connectivity index (χ1) is 13.1. The van der Waals surface area contributed by atoms with E-state index in [0.717, 1.165) is 21.7 Å². The van der Waals surface area contributed by atoms with E-state index < -0.39 is 5.76 Å². The molecule has 4 aromatic rings. The maximum Gasteiger partial charge on any atom is 0.437 e. The number of nitrogens with zero attached hydrogens (tertiary/aromatic N) is 4. The molecule has 0 fully saturated rings. The number of imidazole rings is 1. The number of thiophene rings is 1. The van der Waals surface area contributed by atoms with Crippen LogP contribution in [-0.2, 0) is 24.9 Å². The molecule has 4 rings (SSSR count). The number of para-hydroxylation sites is 2. The highest BCUT2D eigenvalue weighted by atomic mass is 32.1. The van der Waals surface area contributed by atoms with Gasteiger partial charge in [0.05, 0.1) is 29.0 Å². The zero-order valence-corrected chi connectivity index (χ0v) is 15.4. The first-order valence-corrected chi connectivity index (χ1v) is 9.28. The summed E-state index contributed by atoms with van der Waals surface area (Å²) in [5.41, 5.74) is 1.90. The van der Waals surface area contributed by atoms with Gasteiger partial charge >= 0.3 is 5.76 Å². The van der Waals surface area contributed by atoms with Crippen LogP contribution in [0.25, 0.3) is 21.8 Å². The molecule has 0 atom stereocenters. The van der Waals surface area contributed by atoms with E-state index in [4.69, 9.17) is 4.42 Å². The van der Waals surface area contributed by atoms with E-state index in [9.17, 15) is 9.59 Å². The number of carbonyl (C=O) groups excluding carboxylic acids is 1. The van der Waals surface area contributed by atoms with Crippen molar-refractivity contribution in [3.8, 4) is 10.8 Å². The lowest BCUT2D eigenvalue weighted by atomic mass is 10.3. The van der Waals surface area contributed by atoms with Crippen molar-refractivity contribution in [3.05, 3.63) is 58.2 Å². The fourth-order valence-corrected chi connectivity index (χ4v) is 3.42. The Balaban J connectivity index is 1.36. The van der Waals surface area contributed by atoms with Gasteiger partial charge in [-0.3, -0.25) is 4.79 Å². The molecule has 0 aliphatic carbocycles. The third-order valence-corrected chi connectivity index (χ3v) is 5.07. The van der Waals surface area contributed by atoms with Gasteiger partial charge in [-0.2, -0.15) is 4.68 Å². The summed E-state index contributed by atoms with van der Waals surface area (Å²) < 4.78 is 8.25. The van der Waals surface area contributed by atoms with Crippen molar-refractivity contribution in [2.75, 3.05) is 0 Å². The molecule has 138 valence electrons. The number of hydrogen-bond acceptors (Lipinski definition) is 6. The monoisotopic (exact) mass is 383 g/mol. The second kappa shape index (κ2) is 7.20. The minimum Gasteiger partial charge on any atom is -0.387 e. The van der Waals surface area contributed by atoms with E-state index in [1.807, 2.05) is 53.4 Å². The van der Waals surface area contributed by atoms with Crippen LogP contribution in [0.5, 0.6) is 0 Å². The van der Waals surface area contributed by atoms with Crippen LogP contribution in [0.1, 0.15) is 12.2 Å². The summed E-state index contributed by atoms with van der Waals surface area (Å²) in [4.78, 5) is 29.3. The van der Waals surface area contributed by atoms with Gasteiger partial charge in [-0.05, 0) is 23.6 Å². The molecule has 0 aliphatic heterocycles. The molecule has 0 saturated heterocycles. The van der Waals surface area contributed by atoms with Crippen LogP contribution in [-0.4, -0.2) is 25.2 Å². The number of aryl methyl sites for hydroxylation is 2. The Labute approximate surface area is 158 Å². The van der Waals surface area contributed by atoms with Gasteiger partial charge in [-0.1, -0.05) is 18.2 Å². The molecule has 27 heavy (non-hydrogen) atoms. The normalized spacial score (nSPS) is 11.1. The lowest BCUT2D eigenvalue weighted by Gasteiger charge is -2.05. The van der Waals surface area contributed by atoms with Gasteiger partial charge in [0.2, 0.25) is 5.91 Å². The first kappa shape index (κ1) is 17.2. The van der Waals surface area contributed by atoms with Gasteiger partial charge in [0.1, 0.15) is 5.82 Å². The number of carbonyl (C=O) groups is 1. The standard InChI is InChI=1S/C18H17N5O3S/c1-22-13-6-3-2-5-12(13)20-15(22)11-19-16(24)8-9-23-18(25)26-17(21-23)14-7-4-10-27-14/h2-7,10H,8-9,11H2,1H3,(H,19,24). The quantitative estimate of drug-likeness (QED) is 0.551. The molecule has 0 spiro atoms. The third-order valence-electron chi connectivity index (χ3n) is 4.21. The average molecular weight is 383 g/mol. The minimum absolute atomic E-state index is 0.125. The van der Waals surface area contributed by atoms with Crippen LogP contribution in [0, 0.1) is 0 Å². The lowest BCUT2D eigenvalue weighted by Crippen LogP contribution is -2.27. The Morgan fingerprint density at radius 2 is 2.11 bits per heavy atom. The highest BCUT2D eigenvalue weighted by Crippen LogP contribution is 2.21. The maximum atomic E-state index is 12.1. The second-order valence-corrected chi connectivity index (χ2v) is 6.92. The smallest absolute Gasteiger partial charge is 0.387 e. The summed E-state index contributed by atoms with van der Waals surface area (Å²) in [6.07, 6.45) is 0.125. The highest BCUT2D eigenvalue weighted by molar-refractivity contribution is 7.13. The summed E-state index contributed by atoms with van der Waals surface area (Å²) >= 11 is 1.43. The molecular formula is C18H17N5O3S. The molecule has 8 nitrogen and oxygen atoms in total. The molecule has 0 bridgehead atoms. The SMILES string of the molecule is Cn1c(CNC(=O)CCn2nc(-c3cccs3)oc2=O)nc2ccccc21. The van der Waals surface area contributed by atoms with Crippen molar-refractivity contribution >= 4 is 28.3 Å². The van der Waals surface area contributed by atoms with Gasteiger partial charge in [-0.25, -0.2) is 9.78 Å². The largest absolute Gasteiger partial charge is 0.437 e. The Hall–Kier alpha value is -3.20. The summed E-state index contributed by atoms with van der Waals surface area (Å²) in [7, 11) is 1.91. The molecule has 9 heteroatoms. The molecule has 1 N–H and O–H groups in total. The van der Waals surface area contributed by atoms with E-state index in [1.54, 1.807) is 0 Å². The number of aromatic nitrogens is 4. The average Bonchev–Trinajstić information content (AvgIpc) is 3.38. The van der Waals surface area contributed by atoms with Gasteiger partial charge in [0, 0.05) is 13.5 Å². The Kier molecular flexibility index (Phi) is 4.59. The molecule has 1 amide bonds. The summed E-state index contributed by atoms with van der Waals surface area (Å²) in [5.74, 6) is 0.287. The number of amides is 1. The van der Waals surface area contributed by atoms with Gasteiger partial charge in [0.15, 0.2) is 0 Å². The predicted octanol–water partition coefficient (Wildman–Crippen LogP) is 2.16. The Morgan fingerprint density at radius 3 is 2.89 bits per heavy atom. The molecule has 0 saturated carbocycles. The van der Waals surface area contributed by atoms with E-state index in [0.29, 0.717) is 6.54 Å². The Bertz CT molecular complexity index is 1140. The fourth-order valence-electron chi connectivity index (χ4n) is 2.77. The fraction of sp³-hybridized carbons (Fsp3) is 0.222. The second-order valence-electron chi connectivity index (χ2n) is 5.98. The number of nitrogens with one attached hydrogen (secondary N) is 1. The van der Waals surface area contributed by atoms with E-state index >= 15 is 0 Å². The molecule has 0 aliphatic rings. The zero-order chi connectivity index (χ0) is 18.8. The van der Waals surface area contributed by atoms with Crippen molar-refractivity contribution < 1.29 is 9.21 Å². The van der Waals surface area contributed by atoms with Crippen molar-refractivity contribution in [2.24, 2.45) is 7.05 Å². The molecule has 0 unspecified atom stereocenters. The molecular weight excluding hydrogens is 366 g/mol. The number of rotatable bonds is 6. The summed E-state index contributed by atoms with van der Waals surface area (Å²) in [6.45, 7) is 0.472. The third kappa shape index (κ3) is 3.54. The molecule has 1 aromatic carbocycles. The van der Waals surface area contributed by atoms with Crippen LogP contribution in [0.3, 0.4) is 0 Å². The van der Waals surface area contributed by atoms with Gasteiger partial charge in [0.25, 0.3) is 5.89 Å². The van der Waals surface area contributed by atoms with Crippen molar-refractivity contribution in [1.29, 1.82) is 0 Å². The minimum atomic E-state index is -0.568. The van der Waals surface area contributed by atoms with Gasteiger partial charge in [-0.15, -0.1) is 16.4 Å². The van der Waals surface area contributed by atoms with Crippen LogP contribution < -0.4 is 11.1 Å². The molecule has 0 radical (unpaired) electrons. The first-order valence-electron chi connectivity index (χ1n) is 8.40. The highest BCUT2D eigenvalue weighted by Gasteiger charge is 2.13. The lowest BCUT2D eigenvalue weighted by molar-refractivity contribution is -0.121. The van der Waals surface area contributed by atoms with Crippen LogP contribution in [0.4, 0.5) is 0 Å². The summed E-state index contributed by atoms with van der Waals surface area (Å²) in [5, 5.41) is 8.85. The van der Waals surface area contributed by atoms with Crippen LogP contribution in [0.15, 0.2) is 51.0 Å². The Morgan fingerprint density at radius 1 is 1.26 bits per heavy atom. The number of fused-ring (bicyclic) bond motifs is 1.